The van der Waals surface area contributed by atoms with Crippen molar-refractivity contribution in [3.63, 3.8) is 0 Å². The second-order valence-electron chi connectivity index (χ2n) is 10.8. The van der Waals surface area contributed by atoms with Crippen LogP contribution in [0.1, 0.15) is 68.9 Å². The third-order valence-corrected chi connectivity index (χ3v) is 6.52. The van der Waals surface area contributed by atoms with Crippen molar-refractivity contribution < 1.29 is 41.3 Å². The molecule has 0 atom stereocenters. The zero-order valence-corrected chi connectivity index (χ0v) is 25.5. The van der Waals surface area contributed by atoms with Gasteiger partial charge in [-0.15, -0.1) is 13.2 Å². The number of carbonyl (C=O) groups excluding carboxylic acids is 2. The summed E-state index contributed by atoms with van der Waals surface area (Å²) in [6.45, 7) is 9.17. The van der Waals surface area contributed by atoms with Gasteiger partial charge in [0.1, 0.15) is 5.75 Å². The molecule has 0 aromatic heterocycles. The largest absolute Gasteiger partial charge is 0.573 e. The van der Waals surface area contributed by atoms with E-state index in [4.69, 9.17) is 14.7 Å². The van der Waals surface area contributed by atoms with Crippen LogP contribution in [0.25, 0.3) is 11.1 Å². The molecule has 0 radical (unpaired) electrons. The van der Waals surface area contributed by atoms with Gasteiger partial charge in [0.15, 0.2) is 0 Å². The monoisotopic (exact) mass is 628 g/mol. The fourth-order valence-corrected chi connectivity index (χ4v) is 4.55. The second-order valence-corrected chi connectivity index (χ2v) is 10.8. The summed E-state index contributed by atoms with van der Waals surface area (Å²) in [5.41, 5.74) is 1.21. The molecule has 0 fully saturated rings. The SMILES string of the molecule is C/C=C(\CC)c1ccc(NC(=O)c2ccc(C3=CCN(C(=BOC#N)NC(=O)OC(C)(C)C)CC3)c(F)c2)cc1OC(F)(F)F. The van der Waals surface area contributed by atoms with E-state index in [1.807, 2.05) is 0 Å². The maximum atomic E-state index is 15.2. The van der Waals surface area contributed by atoms with E-state index in [1.165, 1.54) is 30.5 Å². The van der Waals surface area contributed by atoms with Gasteiger partial charge in [-0.3, -0.25) is 0 Å². The number of nitrogens with one attached hydrogen (secondary N) is 2. The first kappa shape index (κ1) is 34.7. The Labute approximate surface area is 259 Å². The molecule has 2 aromatic carbocycles. The molecule has 3 rings (SSSR count). The van der Waals surface area contributed by atoms with Crippen molar-refractivity contribution in [2.24, 2.45) is 0 Å². The minimum atomic E-state index is -4.94. The summed E-state index contributed by atoms with van der Waals surface area (Å²) in [4.78, 5) is 26.9. The first-order valence-corrected chi connectivity index (χ1v) is 14.0. The van der Waals surface area contributed by atoms with Gasteiger partial charge < -0.3 is 4.74 Å². The average molecular weight is 628 g/mol. The number of alkyl carbamates (subject to hydrolysis) is 1. The normalized spacial score (nSPS) is 14.0. The standard InChI is InChI=1S/C31H33BF4N4O5/c1-6-19(7-2)24-11-9-22(17-26(24)44-31(34,35)36)38-27(41)21-8-10-23(25(33)16-21)20-12-14-40(15-13-20)28(32-43-18-37)39-29(42)45-30(3,4)5/h6,8-12,16-17H,7,13-15H2,1-5H3,(H,38,41)(H,39,42)/b19-6+. The van der Waals surface area contributed by atoms with Gasteiger partial charge in [0, 0.05) is 11.6 Å². The molecule has 238 valence electrons. The van der Waals surface area contributed by atoms with Gasteiger partial charge >= 0.3 is 180 Å². The number of rotatable bonds is 9. The van der Waals surface area contributed by atoms with E-state index in [1.54, 1.807) is 51.7 Å². The number of hydrogen-bond acceptors (Lipinski definition) is 7. The zero-order valence-electron chi connectivity index (χ0n) is 25.5. The van der Waals surface area contributed by atoms with Crippen molar-refractivity contribution in [2.75, 3.05) is 18.4 Å². The molecule has 0 saturated carbocycles. The predicted molar refractivity (Wildman–Crippen MR) is 162 cm³/mol. The summed E-state index contributed by atoms with van der Waals surface area (Å²) in [5, 5.41) is 13.8. The molecule has 0 bridgehead atoms. The number of amides is 2. The van der Waals surface area contributed by atoms with E-state index in [2.05, 4.69) is 15.4 Å². The third-order valence-electron chi connectivity index (χ3n) is 6.52. The van der Waals surface area contributed by atoms with Gasteiger partial charge in [-0.1, -0.05) is 13.0 Å². The Kier molecular flexibility index (Phi) is 11.4. The molecule has 2 amide bonds. The summed E-state index contributed by atoms with van der Waals surface area (Å²) < 4.78 is 68.6. The molecule has 0 spiro atoms. The Bertz CT molecular complexity index is 1560. The van der Waals surface area contributed by atoms with Crippen LogP contribution in [0.15, 0.2) is 48.6 Å². The van der Waals surface area contributed by atoms with Crippen LogP contribution in [0.5, 0.6) is 5.75 Å². The molecule has 1 aliphatic heterocycles. The number of alkyl halides is 3. The fourth-order valence-electron chi connectivity index (χ4n) is 4.55. The molecule has 45 heavy (non-hydrogen) atoms. The first-order valence-electron chi connectivity index (χ1n) is 14.0. The van der Waals surface area contributed by atoms with Crippen molar-refractivity contribution in [1.29, 1.82) is 5.26 Å². The Morgan fingerprint density at radius 1 is 1.16 bits per heavy atom. The van der Waals surface area contributed by atoms with E-state index in [0.29, 0.717) is 30.5 Å². The van der Waals surface area contributed by atoms with E-state index in [9.17, 15) is 22.8 Å². The topological polar surface area (TPSA) is 113 Å². The van der Waals surface area contributed by atoms with Crippen LogP contribution in [0.2, 0.25) is 0 Å². The summed E-state index contributed by atoms with van der Waals surface area (Å²) in [7, 11) is 1.08. The number of allylic oxidation sites excluding steroid dienone is 2. The number of nitrogens with zero attached hydrogens (tertiary/aromatic N) is 2. The zero-order chi connectivity index (χ0) is 33.4. The summed E-state index contributed by atoms with van der Waals surface area (Å²) in [6.07, 6.45) is 0.0549. The van der Waals surface area contributed by atoms with Crippen LogP contribution >= 0.6 is 0 Å². The van der Waals surface area contributed by atoms with Gasteiger partial charge in [-0.05, 0) is 31.1 Å². The van der Waals surface area contributed by atoms with Crippen molar-refractivity contribution in [1.82, 2.24) is 10.2 Å². The Balaban J connectivity index is 1.75. The van der Waals surface area contributed by atoms with Crippen LogP contribution in [-0.2, 0) is 9.39 Å². The van der Waals surface area contributed by atoms with Crippen molar-refractivity contribution >= 4 is 41.7 Å². The molecule has 0 saturated heterocycles. The fraction of sp³-hybridized carbons (Fsp3) is 0.355. The smallest absolute Gasteiger partial charge is 0.405 e. The van der Waals surface area contributed by atoms with Crippen LogP contribution < -0.4 is 15.4 Å². The van der Waals surface area contributed by atoms with Crippen molar-refractivity contribution in [3.05, 3.63) is 71.1 Å². The summed E-state index contributed by atoms with van der Waals surface area (Å²) >= 11 is 0. The molecule has 9 nitrogen and oxygen atoms in total. The van der Waals surface area contributed by atoms with Crippen LogP contribution in [0.4, 0.5) is 28.0 Å². The number of nitriles is 1. The summed E-state index contributed by atoms with van der Waals surface area (Å²) in [5.74, 6) is -1.86. The maximum absolute atomic E-state index is 15.2. The number of benzene rings is 2. The van der Waals surface area contributed by atoms with E-state index in [0.717, 1.165) is 19.3 Å². The van der Waals surface area contributed by atoms with Gasteiger partial charge in [0.25, 0.3) is 0 Å². The van der Waals surface area contributed by atoms with E-state index in [-0.39, 0.29) is 34.6 Å². The minimum Gasteiger partial charge on any atom is -0.405 e. The first-order chi connectivity index (χ1) is 21.1. The average Bonchev–Trinajstić information content (AvgIpc) is 2.95. The van der Waals surface area contributed by atoms with Gasteiger partial charge in [0.2, 0.25) is 0 Å². The number of hydrogen-bond donors (Lipinski definition) is 2. The predicted octanol–water partition coefficient (Wildman–Crippen LogP) is 6.61. The Hall–Kier alpha value is -4.80. The Morgan fingerprint density at radius 2 is 1.89 bits per heavy atom. The summed E-state index contributed by atoms with van der Waals surface area (Å²) in [6, 6.07) is 7.85. The van der Waals surface area contributed by atoms with Gasteiger partial charge in [0.05, 0.1) is 0 Å². The van der Waals surface area contributed by atoms with E-state index >= 15 is 4.39 Å². The van der Waals surface area contributed by atoms with Crippen molar-refractivity contribution in [2.45, 2.75) is 59.4 Å². The molecule has 0 aliphatic carbocycles. The molecule has 1 aliphatic rings. The molecular weight excluding hydrogens is 595 g/mol. The van der Waals surface area contributed by atoms with Crippen LogP contribution in [0, 0.1) is 17.3 Å². The quantitative estimate of drug-likeness (QED) is 0.183. The Morgan fingerprint density at radius 3 is 2.44 bits per heavy atom. The van der Waals surface area contributed by atoms with Crippen LogP contribution in [-0.4, -0.2) is 54.8 Å². The number of anilines is 1. The number of halogens is 4. The number of carbonyl (C=O) groups is 2. The molecule has 14 heteroatoms. The number of ether oxygens (including phenoxy) is 2. The second kappa shape index (κ2) is 14.8. The van der Waals surface area contributed by atoms with Gasteiger partial charge in [-0.2, -0.15) is 0 Å². The van der Waals surface area contributed by atoms with Crippen LogP contribution in [0.3, 0.4) is 0 Å². The maximum Gasteiger partial charge on any atom is 0.573 e. The minimum absolute atomic E-state index is 0.0401. The van der Waals surface area contributed by atoms with Gasteiger partial charge in [-0.25, -0.2) is 0 Å². The molecule has 2 N–H and O–H groups in total. The van der Waals surface area contributed by atoms with Crippen molar-refractivity contribution in [3.8, 4) is 12.0 Å². The molecule has 0 unspecified atom stereocenters. The third kappa shape index (κ3) is 10.1. The van der Waals surface area contributed by atoms with E-state index < -0.39 is 35.5 Å². The molecule has 2 aromatic rings. The molecular formula is C31H33BF4N4O5. The molecule has 1 heterocycles.